The summed E-state index contributed by atoms with van der Waals surface area (Å²) >= 11 is 0. The molecule has 112 valence electrons. The number of rotatable bonds is 2. The maximum absolute atomic E-state index is 12.5. The van der Waals surface area contributed by atoms with Crippen molar-refractivity contribution in [2.75, 3.05) is 18.0 Å². The predicted molar refractivity (Wildman–Crippen MR) is 78.0 cm³/mol. The molecule has 0 aliphatic carbocycles. The van der Waals surface area contributed by atoms with E-state index in [0.29, 0.717) is 12.1 Å². The average Bonchev–Trinajstić information content (AvgIpc) is 2.88. The van der Waals surface area contributed by atoms with Crippen molar-refractivity contribution < 1.29 is 14.7 Å². The molecule has 1 fully saturated rings. The fourth-order valence-electron chi connectivity index (χ4n) is 3.03. The van der Waals surface area contributed by atoms with Gasteiger partial charge in [0.2, 0.25) is 0 Å². The molecule has 0 radical (unpaired) electrons. The number of urea groups is 1. The second-order valence-electron chi connectivity index (χ2n) is 5.52. The molecule has 1 aromatic rings. The van der Waals surface area contributed by atoms with Crippen LogP contribution in [0.2, 0.25) is 0 Å². The molecule has 1 aromatic carbocycles. The topological polar surface area (TPSA) is 72.9 Å². The molecule has 6 heteroatoms. The molecule has 21 heavy (non-hydrogen) atoms. The number of fused-ring (bicyclic) bond motifs is 1. The third kappa shape index (κ3) is 2.71. The Balaban J connectivity index is 1.80. The monoisotopic (exact) mass is 289 g/mol. The van der Waals surface area contributed by atoms with Crippen molar-refractivity contribution in [3.8, 4) is 0 Å². The molecule has 6 nitrogen and oxygen atoms in total. The number of aliphatic carboxylic acids is 1. The van der Waals surface area contributed by atoms with E-state index in [0.717, 1.165) is 31.5 Å². The Hall–Kier alpha value is -2.08. The minimum absolute atomic E-state index is 0.353. The number of anilines is 1. The molecule has 1 atom stereocenters. The number of amides is 2. The number of nitrogens with one attached hydrogen (secondary N) is 1. The smallest absolute Gasteiger partial charge is 0.337 e. The number of hydrogen-bond acceptors (Lipinski definition) is 3. The molecule has 0 bridgehead atoms. The largest absolute Gasteiger partial charge is 0.480 e. The van der Waals surface area contributed by atoms with E-state index in [1.165, 1.54) is 11.3 Å². The summed E-state index contributed by atoms with van der Waals surface area (Å²) < 4.78 is 0. The van der Waals surface area contributed by atoms with Crippen molar-refractivity contribution in [3.63, 3.8) is 0 Å². The summed E-state index contributed by atoms with van der Waals surface area (Å²) in [4.78, 5) is 25.3. The van der Waals surface area contributed by atoms with Gasteiger partial charge in [0.05, 0.1) is 0 Å². The van der Waals surface area contributed by atoms with Crippen LogP contribution in [0.5, 0.6) is 0 Å². The summed E-state index contributed by atoms with van der Waals surface area (Å²) in [5.74, 6) is -0.972. The summed E-state index contributed by atoms with van der Waals surface area (Å²) in [5, 5.41) is 11.3. The molecule has 2 heterocycles. The fraction of sp³-hybridized carbons (Fsp3) is 0.467. The van der Waals surface area contributed by atoms with Crippen LogP contribution in [-0.2, 0) is 11.2 Å². The van der Waals surface area contributed by atoms with Crippen LogP contribution < -0.4 is 10.3 Å². The van der Waals surface area contributed by atoms with Crippen LogP contribution >= 0.6 is 0 Å². The van der Waals surface area contributed by atoms with Gasteiger partial charge in [-0.05, 0) is 24.5 Å². The molecular formula is C15H19N3O3. The highest BCUT2D eigenvalue weighted by atomic mass is 16.4. The average molecular weight is 289 g/mol. The SMILES string of the molecule is O=C(O)[C@@H]1Cc2ccccc2N1C(=O)NN1CCCCC1. The number of carbonyl (C=O) groups excluding carboxylic acids is 1. The molecule has 2 aliphatic heterocycles. The first-order chi connectivity index (χ1) is 10.2. The zero-order valence-corrected chi connectivity index (χ0v) is 11.8. The zero-order valence-electron chi connectivity index (χ0n) is 11.8. The van der Waals surface area contributed by atoms with Crippen LogP contribution in [0.25, 0.3) is 0 Å². The van der Waals surface area contributed by atoms with Gasteiger partial charge in [-0.1, -0.05) is 24.6 Å². The third-order valence-electron chi connectivity index (χ3n) is 4.09. The molecule has 0 unspecified atom stereocenters. The Labute approximate surface area is 123 Å². The Kier molecular flexibility index (Phi) is 3.79. The van der Waals surface area contributed by atoms with Crippen molar-refractivity contribution in [2.45, 2.75) is 31.7 Å². The number of hydrazine groups is 1. The van der Waals surface area contributed by atoms with Crippen molar-refractivity contribution >= 4 is 17.7 Å². The van der Waals surface area contributed by atoms with Crippen LogP contribution in [-0.4, -0.2) is 41.2 Å². The highest BCUT2D eigenvalue weighted by Crippen LogP contribution is 2.32. The van der Waals surface area contributed by atoms with Gasteiger partial charge < -0.3 is 5.11 Å². The molecular weight excluding hydrogens is 270 g/mol. The van der Waals surface area contributed by atoms with Gasteiger partial charge in [-0.25, -0.2) is 14.6 Å². The number of hydrogen-bond donors (Lipinski definition) is 2. The van der Waals surface area contributed by atoms with E-state index in [9.17, 15) is 14.7 Å². The third-order valence-corrected chi connectivity index (χ3v) is 4.09. The Morgan fingerprint density at radius 2 is 1.86 bits per heavy atom. The van der Waals surface area contributed by atoms with Gasteiger partial charge in [0.25, 0.3) is 0 Å². The Morgan fingerprint density at radius 3 is 2.57 bits per heavy atom. The van der Waals surface area contributed by atoms with Crippen LogP contribution in [0, 0.1) is 0 Å². The van der Waals surface area contributed by atoms with Gasteiger partial charge in [0.15, 0.2) is 0 Å². The first-order valence-corrected chi connectivity index (χ1v) is 7.32. The number of piperidine rings is 1. The molecule has 1 saturated heterocycles. The Morgan fingerprint density at radius 1 is 1.14 bits per heavy atom. The number of benzene rings is 1. The summed E-state index contributed by atoms with van der Waals surface area (Å²) in [7, 11) is 0. The van der Waals surface area contributed by atoms with Crippen LogP contribution in [0.3, 0.4) is 0 Å². The van der Waals surface area contributed by atoms with E-state index in [4.69, 9.17) is 0 Å². The van der Waals surface area contributed by atoms with Crippen LogP contribution in [0.4, 0.5) is 10.5 Å². The second-order valence-corrected chi connectivity index (χ2v) is 5.52. The van der Waals surface area contributed by atoms with Crippen LogP contribution in [0.15, 0.2) is 24.3 Å². The second kappa shape index (κ2) is 5.73. The van der Waals surface area contributed by atoms with Gasteiger partial charge in [-0.3, -0.25) is 10.3 Å². The van der Waals surface area contributed by atoms with Crippen molar-refractivity contribution in [1.29, 1.82) is 0 Å². The summed E-state index contributed by atoms with van der Waals surface area (Å²) in [6.07, 6.45) is 3.65. The minimum atomic E-state index is -0.972. The number of para-hydroxylation sites is 1. The quantitative estimate of drug-likeness (QED) is 0.867. The van der Waals surface area contributed by atoms with Crippen molar-refractivity contribution in [2.24, 2.45) is 0 Å². The minimum Gasteiger partial charge on any atom is -0.480 e. The van der Waals surface area contributed by atoms with Crippen LogP contribution in [0.1, 0.15) is 24.8 Å². The molecule has 0 aromatic heterocycles. The zero-order chi connectivity index (χ0) is 14.8. The van der Waals surface area contributed by atoms with Gasteiger partial charge >= 0.3 is 12.0 Å². The molecule has 2 amide bonds. The lowest BCUT2D eigenvalue weighted by Gasteiger charge is -2.30. The van der Waals surface area contributed by atoms with E-state index in [-0.39, 0.29) is 6.03 Å². The molecule has 2 aliphatic rings. The molecule has 0 spiro atoms. The van der Waals surface area contributed by atoms with E-state index < -0.39 is 12.0 Å². The highest BCUT2D eigenvalue weighted by Gasteiger charge is 2.38. The first kappa shape index (κ1) is 13.9. The van der Waals surface area contributed by atoms with E-state index in [1.54, 1.807) is 6.07 Å². The number of carboxylic acids is 1. The first-order valence-electron chi connectivity index (χ1n) is 7.32. The Bertz CT molecular complexity index is 555. The lowest BCUT2D eigenvalue weighted by molar-refractivity contribution is -0.138. The summed E-state index contributed by atoms with van der Waals surface area (Å²) in [5.41, 5.74) is 4.44. The predicted octanol–water partition coefficient (Wildman–Crippen LogP) is 1.61. The lowest BCUT2D eigenvalue weighted by Crippen LogP contribution is -2.54. The molecule has 0 saturated carbocycles. The summed E-state index contributed by atoms with van der Waals surface area (Å²) in [6, 6.07) is 6.18. The lowest BCUT2D eigenvalue weighted by atomic mass is 10.1. The van der Waals surface area contributed by atoms with Gasteiger partial charge in [0, 0.05) is 25.2 Å². The fourth-order valence-corrected chi connectivity index (χ4v) is 3.03. The van der Waals surface area contributed by atoms with E-state index >= 15 is 0 Å². The van der Waals surface area contributed by atoms with Gasteiger partial charge in [-0.15, -0.1) is 0 Å². The van der Waals surface area contributed by atoms with Gasteiger partial charge in [0.1, 0.15) is 6.04 Å². The number of nitrogens with zero attached hydrogens (tertiary/aromatic N) is 2. The maximum Gasteiger partial charge on any atom is 0.337 e. The summed E-state index contributed by atoms with van der Waals surface area (Å²) in [6.45, 7) is 1.64. The normalized spacial score (nSPS) is 21.9. The van der Waals surface area contributed by atoms with Gasteiger partial charge in [-0.2, -0.15) is 0 Å². The van der Waals surface area contributed by atoms with E-state index in [1.807, 2.05) is 23.2 Å². The van der Waals surface area contributed by atoms with Crippen molar-refractivity contribution in [1.82, 2.24) is 10.4 Å². The number of carboxylic acid groups (broad SMARTS) is 1. The molecule has 2 N–H and O–H groups in total. The standard InChI is InChI=1S/C15H19N3O3/c19-14(20)13-10-11-6-2-3-7-12(11)18(13)15(21)16-17-8-4-1-5-9-17/h2-3,6-7,13H,1,4-5,8-10H2,(H,16,21)(H,19,20)/t13-/m0/s1. The molecule has 3 rings (SSSR count). The van der Waals surface area contributed by atoms with Crippen molar-refractivity contribution in [3.05, 3.63) is 29.8 Å². The van der Waals surface area contributed by atoms with E-state index in [2.05, 4.69) is 5.43 Å². The maximum atomic E-state index is 12.5. The highest BCUT2D eigenvalue weighted by molar-refractivity contribution is 6.00. The number of carbonyl (C=O) groups is 2.